The molecular weight excluding hydrogens is 458 g/mol. The maximum absolute atomic E-state index is 13.6. The molecule has 35 heavy (non-hydrogen) atoms. The predicted octanol–water partition coefficient (Wildman–Crippen LogP) is 5.84. The van der Waals surface area contributed by atoms with Crippen LogP contribution in [-0.2, 0) is 12.8 Å². The van der Waals surface area contributed by atoms with Gasteiger partial charge in [-0.2, -0.15) is 0 Å². The van der Waals surface area contributed by atoms with Crippen LogP contribution in [0, 0.1) is 5.92 Å². The third-order valence-electron chi connectivity index (χ3n) is 6.74. The Morgan fingerprint density at radius 1 is 1.17 bits per heavy atom. The molecule has 4 aromatic rings. The van der Waals surface area contributed by atoms with Gasteiger partial charge in [-0.25, -0.2) is 4.98 Å². The minimum atomic E-state index is -0.496. The van der Waals surface area contributed by atoms with Crippen LogP contribution in [0.25, 0.3) is 22.2 Å². The number of para-hydroxylation sites is 1. The van der Waals surface area contributed by atoms with Gasteiger partial charge in [-0.05, 0) is 55.0 Å². The van der Waals surface area contributed by atoms with Gasteiger partial charge in [0.25, 0.3) is 11.8 Å². The van der Waals surface area contributed by atoms with Crippen molar-refractivity contribution in [3.8, 4) is 17.0 Å². The summed E-state index contributed by atoms with van der Waals surface area (Å²) in [7, 11) is 1.62. The van der Waals surface area contributed by atoms with Gasteiger partial charge in [0, 0.05) is 15.8 Å². The summed E-state index contributed by atoms with van der Waals surface area (Å²) >= 11 is 1.48. The van der Waals surface area contributed by atoms with Gasteiger partial charge in [0.2, 0.25) is 0 Å². The zero-order valence-corrected chi connectivity index (χ0v) is 20.6. The molecule has 0 unspecified atom stereocenters. The largest absolute Gasteiger partial charge is 0.497 e. The number of primary amides is 1. The highest BCUT2D eigenvalue weighted by molar-refractivity contribution is 7.17. The van der Waals surface area contributed by atoms with E-state index in [0.717, 1.165) is 47.1 Å². The maximum Gasteiger partial charge on any atom is 0.257 e. The van der Waals surface area contributed by atoms with Crippen molar-refractivity contribution in [1.29, 1.82) is 0 Å². The molecule has 2 amide bonds. The van der Waals surface area contributed by atoms with Gasteiger partial charge in [0.15, 0.2) is 0 Å². The molecule has 2 heterocycles. The average Bonchev–Trinajstić information content (AvgIpc) is 3.25. The summed E-state index contributed by atoms with van der Waals surface area (Å²) in [5.41, 5.74) is 9.95. The number of hydrogen-bond donors (Lipinski definition) is 2. The highest BCUT2D eigenvalue weighted by Gasteiger charge is 2.28. The molecule has 5 rings (SSSR count). The van der Waals surface area contributed by atoms with E-state index in [0.29, 0.717) is 39.0 Å². The molecule has 0 saturated heterocycles. The number of amides is 2. The molecule has 0 radical (unpaired) electrons. The summed E-state index contributed by atoms with van der Waals surface area (Å²) in [5, 5.41) is 4.29. The minimum Gasteiger partial charge on any atom is -0.497 e. The van der Waals surface area contributed by atoms with Crippen molar-refractivity contribution >= 4 is 39.1 Å². The Kier molecular flexibility index (Phi) is 6.26. The van der Waals surface area contributed by atoms with E-state index in [1.807, 2.05) is 48.5 Å². The maximum atomic E-state index is 13.6. The molecule has 2 aromatic heterocycles. The van der Waals surface area contributed by atoms with Crippen molar-refractivity contribution in [1.82, 2.24) is 4.98 Å². The molecule has 0 fully saturated rings. The van der Waals surface area contributed by atoms with Gasteiger partial charge in [-0.3, -0.25) is 9.59 Å². The number of nitrogens with zero attached hydrogens (tertiary/aromatic N) is 1. The highest BCUT2D eigenvalue weighted by Crippen LogP contribution is 2.40. The fourth-order valence-electron chi connectivity index (χ4n) is 4.82. The average molecular weight is 486 g/mol. The monoisotopic (exact) mass is 485 g/mol. The molecule has 0 aliphatic heterocycles. The third kappa shape index (κ3) is 4.39. The number of carbonyl (C=O) groups excluding carboxylic acids is 2. The lowest BCUT2D eigenvalue weighted by molar-refractivity contribution is 0.1000. The van der Waals surface area contributed by atoms with E-state index in [2.05, 4.69) is 12.2 Å². The van der Waals surface area contributed by atoms with E-state index in [-0.39, 0.29) is 5.91 Å². The van der Waals surface area contributed by atoms with E-state index in [1.54, 1.807) is 13.2 Å². The number of rotatable bonds is 6. The zero-order valence-electron chi connectivity index (χ0n) is 19.8. The van der Waals surface area contributed by atoms with Crippen molar-refractivity contribution < 1.29 is 14.3 Å². The number of carbonyl (C=O) groups is 2. The Morgan fingerprint density at radius 3 is 2.77 bits per heavy atom. The van der Waals surface area contributed by atoms with E-state index in [4.69, 9.17) is 15.5 Å². The van der Waals surface area contributed by atoms with Crippen LogP contribution in [0.4, 0.5) is 5.00 Å². The van der Waals surface area contributed by atoms with Gasteiger partial charge in [0.1, 0.15) is 10.8 Å². The summed E-state index contributed by atoms with van der Waals surface area (Å²) in [5.74, 6) is 0.523. The Labute approximate surface area is 208 Å². The Bertz CT molecular complexity index is 1440. The van der Waals surface area contributed by atoms with E-state index in [1.165, 1.54) is 11.3 Å². The van der Waals surface area contributed by atoms with Gasteiger partial charge >= 0.3 is 0 Å². The fourth-order valence-corrected chi connectivity index (χ4v) is 6.18. The number of thiophene rings is 1. The number of pyridine rings is 1. The first kappa shape index (κ1) is 23.1. The summed E-state index contributed by atoms with van der Waals surface area (Å²) in [6.07, 6.45) is 3.87. The predicted molar refractivity (Wildman–Crippen MR) is 140 cm³/mol. The minimum absolute atomic E-state index is 0.291. The molecule has 3 N–H and O–H groups in total. The van der Waals surface area contributed by atoms with Crippen LogP contribution in [0.5, 0.6) is 5.75 Å². The second-order valence-corrected chi connectivity index (χ2v) is 9.95. The number of ether oxygens (including phenoxy) is 1. The van der Waals surface area contributed by atoms with Crippen molar-refractivity contribution in [2.75, 3.05) is 12.4 Å². The summed E-state index contributed by atoms with van der Waals surface area (Å²) < 4.78 is 5.36. The molecule has 0 spiro atoms. The summed E-state index contributed by atoms with van der Waals surface area (Å²) in [6.45, 7) is 2.19. The summed E-state index contributed by atoms with van der Waals surface area (Å²) in [6, 6.07) is 16.9. The normalized spacial score (nSPS) is 15.0. The summed E-state index contributed by atoms with van der Waals surface area (Å²) in [4.78, 5) is 32.0. The first-order chi connectivity index (χ1) is 17.0. The molecule has 1 atom stereocenters. The Balaban J connectivity index is 1.57. The number of aromatic nitrogens is 1. The van der Waals surface area contributed by atoms with E-state index >= 15 is 0 Å². The highest BCUT2D eigenvalue weighted by atomic mass is 32.1. The van der Waals surface area contributed by atoms with E-state index < -0.39 is 5.91 Å². The number of fused-ring (bicyclic) bond motifs is 2. The van der Waals surface area contributed by atoms with Crippen LogP contribution in [0.1, 0.15) is 50.9 Å². The van der Waals surface area contributed by atoms with Crippen molar-refractivity contribution in [2.24, 2.45) is 11.7 Å². The fraction of sp³-hybridized carbons (Fsp3) is 0.250. The molecule has 1 aliphatic rings. The lowest BCUT2D eigenvalue weighted by atomic mass is 9.85. The molecule has 1 aliphatic carbocycles. The van der Waals surface area contributed by atoms with Crippen molar-refractivity contribution in [3.05, 3.63) is 76.2 Å². The Hall–Kier alpha value is -3.71. The zero-order chi connectivity index (χ0) is 24.5. The van der Waals surface area contributed by atoms with Crippen LogP contribution in [0.3, 0.4) is 0 Å². The molecule has 6 nitrogen and oxygen atoms in total. The topological polar surface area (TPSA) is 94.3 Å². The van der Waals surface area contributed by atoms with Gasteiger partial charge in [-0.15, -0.1) is 11.3 Å². The lowest BCUT2D eigenvalue weighted by Gasteiger charge is -2.20. The molecule has 178 valence electrons. The molecule has 2 aromatic carbocycles. The standard InChI is InChI=1S/C28H27N3O3S/c1-3-16-11-12-20-24(13-16)35-28(25(20)26(29)32)31-27(33)21-15-23(17-7-6-8-18(14-17)34-2)30-22-10-5-4-9-19(21)22/h4-10,14-16H,3,11-13H2,1-2H3,(H2,29,32)(H,31,33)/t16-/m0/s1. The van der Waals surface area contributed by atoms with Crippen LogP contribution in [0.15, 0.2) is 54.6 Å². The Morgan fingerprint density at radius 2 is 2.00 bits per heavy atom. The first-order valence-corrected chi connectivity index (χ1v) is 12.6. The van der Waals surface area contributed by atoms with Crippen molar-refractivity contribution in [2.45, 2.75) is 32.6 Å². The molecule has 0 bridgehead atoms. The third-order valence-corrected chi connectivity index (χ3v) is 7.91. The number of hydrogen-bond acceptors (Lipinski definition) is 5. The first-order valence-electron chi connectivity index (χ1n) is 11.8. The quantitative estimate of drug-likeness (QED) is 0.359. The number of nitrogens with two attached hydrogens (primary N) is 1. The van der Waals surface area contributed by atoms with Crippen LogP contribution in [0.2, 0.25) is 0 Å². The SMILES string of the molecule is CC[C@H]1CCc2c(sc(NC(=O)c3cc(-c4cccc(OC)c4)nc4ccccc34)c2C(N)=O)C1. The smallest absolute Gasteiger partial charge is 0.257 e. The van der Waals surface area contributed by atoms with Crippen molar-refractivity contribution in [3.63, 3.8) is 0 Å². The van der Waals surface area contributed by atoms with Gasteiger partial charge in [-0.1, -0.05) is 43.7 Å². The van der Waals surface area contributed by atoms with Crippen LogP contribution < -0.4 is 15.8 Å². The number of nitrogens with one attached hydrogen (secondary N) is 1. The van der Waals surface area contributed by atoms with E-state index in [9.17, 15) is 9.59 Å². The molecular formula is C28H27N3O3S. The van der Waals surface area contributed by atoms with Crippen LogP contribution >= 0.6 is 11.3 Å². The van der Waals surface area contributed by atoms with Gasteiger partial charge in [0.05, 0.1) is 29.4 Å². The second-order valence-electron chi connectivity index (χ2n) is 8.85. The second kappa shape index (κ2) is 9.50. The van der Waals surface area contributed by atoms with Crippen LogP contribution in [-0.4, -0.2) is 23.9 Å². The van der Waals surface area contributed by atoms with Gasteiger partial charge < -0.3 is 15.8 Å². The number of benzene rings is 2. The lowest BCUT2D eigenvalue weighted by Crippen LogP contribution is -2.20. The molecule has 7 heteroatoms. The number of anilines is 1. The molecule has 0 saturated carbocycles. The number of methoxy groups -OCH3 is 1.